The van der Waals surface area contributed by atoms with Crippen LogP contribution in [0.5, 0.6) is 0 Å². The Kier molecular flexibility index (Phi) is 3.99. The molecule has 90 valence electrons. The summed E-state index contributed by atoms with van der Waals surface area (Å²) in [5, 5.41) is 0. The lowest BCUT2D eigenvalue weighted by Crippen LogP contribution is -2.27. The van der Waals surface area contributed by atoms with Crippen molar-refractivity contribution >= 4 is 0 Å². The van der Waals surface area contributed by atoms with Gasteiger partial charge in [0.25, 0.3) is 0 Å². The minimum absolute atomic E-state index is 0.288. The molecule has 2 rings (SSSR count). The van der Waals surface area contributed by atoms with E-state index in [0.717, 1.165) is 24.7 Å². The number of aryl methyl sites for hydroxylation is 1. The molecule has 1 saturated carbocycles. The number of hydrogen-bond donors (Lipinski definition) is 1. The molecule has 2 N–H and O–H groups in total. The Bertz CT molecular complexity index is 313. The van der Waals surface area contributed by atoms with Gasteiger partial charge in [0.2, 0.25) is 0 Å². The molecular formula is C13H23N3. The van der Waals surface area contributed by atoms with Gasteiger partial charge in [0.15, 0.2) is 0 Å². The van der Waals surface area contributed by atoms with E-state index in [1.54, 1.807) is 0 Å². The summed E-state index contributed by atoms with van der Waals surface area (Å²) in [5.41, 5.74) is 6.21. The predicted octanol–water partition coefficient (Wildman–Crippen LogP) is 2.35. The SMILES string of the molecule is CCn1ccnc1CC(N)CC1CCCC1. The third kappa shape index (κ3) is 2.85. The molecule has 1 aliphatic rings. The van der Waals surface area contributed by atoms with E-state index in [1.165, 1.54) is 32.1 Å². The van der Waals surface area contributed by atoms with E-state index in [9.17, 15) is 0 Å². The molecule has 0 spiro atoms. The van der Waals surface area contributed by atoms with Crippen molar-refractivity contribution in [2.75, 3.05) is 0 Å². The van der Waals surface area contributed by atoms with E-state index >= 15 is 0 Å². The van der Waals surface area contributed by atoms with Gasteiger partial charge < -0.3 is 10.3 Å². The zero-order valence-corrected chi connectivity index (χ0v) is 10.2. The summed E-state index contributed by atoms with van der Waals surface area (Å²) >= 11 is 0. The first-order valence-electron chi connectivity index (χ1n) is 6.55. The molecule has 0 radical (unpaired) electrons. The van der Waals surface area contributed by atoms with Crippen LogP contribution in [-0.2, 0) is 13.0 Å². The van der Waals surface area contributed by atoms with Crippen molar-refractivity contribution in [1.82, 2.24) is 9.55 Å². The molecule has 1 aliphatic carbocycles. The molecule has 16 heavy (non-hydrogen) atoms. The molecule has 1 aromatic rings. The van der Waals surface area contributed by atoms with Gasteiger partial charge in [0.1, 0.15) is 5.82 Å². The predicted molar refractivity (Wildman–Crippen MR) is 66.2 cm³/mol. The summed E-state index contributed by atoms with van der Waals surface area (Å²) in [6, 6.07) is 0.288. The second kappa shape index (κ2) is 5.48. The van der Waals surface area contributed by atoms with Gasteiger partial charge in [-0.2, -0.15) is 0 Å². The number of imidazole rings is 1. The lowest BCUT2D eigenvalue weighted by Gasteiger charge is -2.16. The van der Waals surface area contributed by atoms with Crippen molar-refractivity contribution in [1.29, 1.82) is 0 Å². The van der Waals surface area contributed by atoms with Gasteiger partial charge in [0, 0.05) is 31.4 Å². The van der Waals surface area contributed by atoms with Crippen LogP contribution in [0, 0.1) is 5.92 Å². The molecule has 0 amide bonds. The standard InChI is InChI=1S/C13H23N3/c1-2-16-8-7-15-13(16)10-12(14)9-11-5-3-4-6-11/h7-8,11-12H,2-6,9-10,14H2,1H3. The molecule has 0 saturated heterocycles. The number of hydrogen-bond acceptors (Lipinski definition) is 2. The molecule has 3 heteroatoms. The summed E-state index contributed by atoms with van der Waals surface area (Å²) in [5.74, 6) is 2.02. The smallest absolute Gasteiger partial charge is 0.110 e. The highest BCUT2D eigenvalue weighted by Crippen LogP contribution is 2.28. The van der Waals surface area contributed by atoms with E-state index in [2.05, 4.69) is 16.5 Å². The fourth-order valence-electron chi connectivity index (χ4n) is 2.81. The Morgan fingerprint density at radius 2 is 2.25 bits per heavy atom. The first kappa shape index (κ1) is 11.6. The minimum atomic E-state index is 0.288. The Balaban J connectivity index is 1.84. The Morgan fingerprint density at radius 3 is 2.94 bits per heavy atom. The maximum atomic E-state index is 6.21. The Labute approximate surface area is 98.1 Å². The second-order valence-electron chi connectivity index (χ2n) is 4.98. The lowest BCUT2D eigenvalue weighted by atomic mass is 9.97. The maximum Gasteiger partial charge on any atom is 0.110 e. The monoisotopic (exact) mass is 221 g/mol. The highest BCUT2D eigenvalue weighted by Gasteiger charge is 2.19. The van der Waals surface area contributed by atoms with Crippen LogP contribution in [-0.4, -0.2) is 15.6 Å². The lowest BCUT2D eigenvalue weighted by molar-refractivity contribution is 0.433. The third-order valence-corrected chi connectivity index (χ3v) is 3.70. The summed E-state index contributed by atoms with van der Waals surface area (Å²) in [6.45, 7) is 3.14. The van der Waals surface area contributed by atoms with E-state index in [4.69, 9.17) is 5.73 Å². The molecule has 1 fully saturated rings. The first-order valence-corrected chi connectivity index (χ1v) is 6.55. The van der Waals surface area contributed by atoms with Crippen molar-refractivity contribution < 1.29 is 0 Å². The minimum Gasteiger partial charge on any atom is -0.335 e. The summed E-state index contributed by atoms with van der Waals surface area (Å²) in [6.07, 6.45) is 11.6. The van der Waals surface area contributed by atoms with Crippen LogP contribution in [0.25, 0.3) is 0 Å². The Morgan fingerprint density at radius 1 is 1.50 bits per heavy atom. The molecule has 0 bridgehead atoms. The zero-order chi connectivity index (χ0) is 11.4. The average Bonchev–Trinajstić information content (AvgIpc) is 2.88. The largest absolute Gasteiger partial charge is 0.335 e. The van der Waals surface area contributed by atoms with Gasteiger partial charge in [-0.1, -0.05) is 25.7 Å². The normalized spacial score (nSPS) is 19.1. The number of aromatic nitrogens is 2. The summed E-state index contributed by atoms with van der Waals surface area (Å²) < 4.78 is 2.19. The first-order chi connectivity index (χ1) is 7.79. The number of nitrogens with two attached hydrogens (primary N) is 1. The van der Waals surface area contributed by atoms with Gasteiger partial charge in [-0.05, 0) is 19.3 Å². The van der Waals surface area contributed by atoms with Crippen LogP contribution in [0.1, 0.15) is 44.9 Å². The van der Waals surface area contributed by atoms with Crippen molar-refractivity contribution in [2.45, 2.75) is 58.0 Å². The quantitative estimate of drug-likeness (QED) is 0.829. The van der Waals surface area contributed by atoms with Gasteiger partial charge >= 0.3 is 0 Å². The van der Waals surface area contributed by atoms with Crippen molar-refractivity contribution in [3.8, 4) is 0 Å². The number of nitrogens with zero attached hydrogens (tertiary/aromatic N) is 2. The second-order valence-corrected chi connectivity index (χ2v) is 4.98. The molecule has 3 nitrogen and oxygen atoms in total. The molecule has 1 unspecified atom stereocenters. The van der Waals surface area contributed by atoms with Gasteiger partial charge in [-0.15, -0.1) is 0 Å². The molecular weight excluding hydrogens is 198 g/mol. The fourth-order valence-corrected chi connectivity index (χ4v) is 2.81. The molecule has 1 heterocycles. The molecule has 1 atom stereocenters. The van der Waals surface area contributed by atoms with E-state index in [-0.39, 0.29) is 6.04 Å². The maximum absolute atomic E-state index is 6.21. The van der Waals surface area contributed by atoms with E-state index < -0.39 is 0 Å². The Hall–Kier alpha value is -0.830. The number of rotatable bonds is 5. The van der Waals surface area contributed by atoms with Crippen LogP contribution in [0.2, 0.25) is 0 Å². The van der Waals surface area contributed by atoms with Crippen molar-refractivity contribution in [3.63, 3.8) is 0 Å². The molecule has 1 aromatic heterocycles. The topological polar surface area (TPSA) is 43.8 Å². The van der Waals surface area contributed by atoms with Crippen molar-refractivity contribution in [3.05, 3.63) is 18.2 Å². The van der Waals surface area contributed by atoms with Gasteiger partial charge in [0.05, 0.1) is 0 Å². The van der Waals surface area contributed by atoms with Gasteiger partial charge in [-0.3, -0.25) is 0 Å². The highest BCUT2D eigenvalue weighted by molar-refractivity contribution is 4.95. The fraction of sp³-hybridized carbons (Fsp3) is 0.769. The van der Waals surface area contributed by atoms with Crippen LogP contribution in [0.4, 0.5) is 0 Å². The summed E-state index contributed by atoms with van der Waals surface area (Å²) in [4.78, 5) is 4.38. The zero-order valence-electron chi connectivity index (χ0n) is 10.2. The summed E-state index contributed by atoms with van der Waals surface area (Å²) in [7, 11) is 0. The average molecular weight is 221 g/mol. The van der Waals surface area contributed by atoms with Crippen LogP contribution in [0.3, 0.4) is 0 Å². The molecule has 0 aliphatic heterocycles. The van der Waals surface area contributed by atoms with E-state index in [1.807, 2.05) is 12.4 Å². The van der Waals surface area contributed by atoms with Crippen molar-refractivity contribution in [2.24, 2.45) is 11.7 Å². The van der Waals surface area contributed by atoms with Crippen LogP contribution >= 0.6 is 0 Å². The highest BCUT2D eigenvalue weighted by atomic mass is 15.1. The van der Waals surface area contributed by atoms with Crippen LogP contribution in [0.15, 0.2) is 12.4 Å². The van der Waals surface area contributed by atoms with E-state index in [0.29, 0.717) is 0 Å². The van der Waals surface area contributed by atoms with Gasteiger partial charge in [-0.25, -0.2) is 4.98 Å². The third-order valence-electron chi connectivity index (χ3n) is 3.70. The van der Waals surface area contributed by atoms with Crippen LogP contribution < -0.4 is 5.73 Å². The molecule has 0 aromatic carbocycles.